The number of carbonyl (C=O) groups is 3. The normalized spacial score (nSPS) is 29.9. The number of aromatic hydroxyl groups is 3. The number of rotatable bonds is 6. The lowest BCUT2D eigenvalue weighted by atomic mass is 9.78. The van der Waals surface area contributed by atoms with Gasteiger partial charge in [0.05, 0.1) is 65.1 Å². The molecule has 16 heteroatoms. The molecule has 0 aromatic heterocycles. The fourth-order valence-corrected chi connectivity index (χ4v) is 9.73. The zero-order chi connectivity index (χ0) is 50.1. The Morgan fingerprint density at radius 1 is 0.897 bits per heavy atom. The lowest BCUT2D eigenvalue weighted by molar-refractivity contribution is -0.160. The third-order valence-corrected chi connectivity index (χ3v) is 13.8. The lowest BCUT2D eigenvalue weighted by Gasteiger charge is -2.42. The second-order valence-corrected chi connectivity index (χ2v) is 19.1. The Hall–Kier alpha value is -5.94. The molecule has 5 bridgehead atoms. The minimum atomic E-state index is -2.07. The molecule has 3 aromatic carbocycles. The number of Topliss-reactive ketones (excluding diaryl/α,β-unsaturated/α-hetero) is 1. The van der Waals surface area contributed by atoms with E-state index in [0.29, 0.717) is 13.1 Å². The quantitative estimate of drug-likeness (QED) is 0.0635. The van der Waals surface area contributed by atoms with Crippen molar-refractivity contribution in [2.24, 2.45) is 28.8 Å². The molecule has 3 aromatic rings. The van der Waals surface area contributed by atoms with Crippen LogP contribution in [0.3, 0.4) is 0 Å². The van der Waals surface area contributed by atoms with E-state index in [2.05, 4.69) is 34.5 Å². The topological polar surface area (TPSA) is 220 Å². The average molecular weight is 941 g/mol. The molecule has 0 spiro atoms. The van der Waals surface area contributed by atoms with Crippen molar-refractivity contribution in [3.05, 3.63) is 88.2 Å². The molecule has 7 rings (SSSR count). The number of phenols is 3. The first-order valence-electron chi connectivity index (χ1n) is 23.2. The van der Waals surface area contributed by atoms with Gasteiger partial charge in [-0.25, -0.2) is 0 Å². The Balaban J connectivity index is 1.48. The Morgan fingerprint density at radius 2 is 1.54 bits per heavy atom. The van der Waals surface area contributed by atoms with Gasteiger partial charge in [0.1, 0.15) is 23.4 Å². The van der Waals surface area contributed by atoms with Crippen LogP contribution in [0.25, 0.3) is 10.8 Å². The summed E-state index contributed by atoms with van der Waals surface area (Å²) in [4.78, 5) is 43.4. The molecule has 368 valence electrons. The van der Waals surface area contributed by atoms with Crippen molar-refractivity contribution in [1.82, 2.24) is 9.91 Å². The van der Waals surface area contributed by atoms with Gasteiger partial charge in [0.2, 0.25) is 0 Å². The van der Waals surface area contributed by atoms with Crippen LogP contribution in [0.2, 0.25) is 0 Å². The number of hydrogen-bond donors (Lipinski definition) is 6. The van der Waals surface area contributed by atoms with E-state index in [1.165, 1.54) is 70.6 Å². The number of aryl methyl sites for hydroxylation is 1. The number of hydrazone groups is 1. The molecule has 0 unspecified atom stereocenters. The Labute approximate surface area is 398 Å². The standard InChI is InChI=1S/C52H68N4O12/c1-26-16-18-36(19-17-26)25-55-23-29(4)56(30(5)24-55)53-22-37-42-47(62)40-39(46(37)61)41-49(34(9)45(40)60)68-52(11,50(41)63)66-21-20-38(65-12)31(6)48(67-35(10)57)33(8)44(59)32(7)43(58)27(2)14-13-15-28(3)51(64)54-42/h13-22,27,29-33,38,43-44,48,58-62H,23-25H2,1-12H3,(H,54,64)/t27-,29-,30+,31-,32-,33-,38+,43-,44-,48+,52-/m0/s1. The average Bonchev–Trinajstić information content (AvgIpc) is 3.55. The third-order valence-electron chi connectivity index (χ3n) is 13.8. The highest BCUT2D eigenvalue weighted by atomic mass is 16.7. The number of anilines is 1. The van der Waals surface area contributed by atoms with Crippen molar-refractivity contribution in [3.63, 3.8) is 0 Å². The number of amides is 1. The number of hydrogen-bond acceptors (Lipinski definition) is 15. The maximum atomic E-state index is 14.7. The van der Waals surface area contributed by atoms with E-state index in [-0.39, 0.29) is 56.6 Å². The maximum Gasteiger partial charge on any atom is 0.312 e. The monoisotopic (exact) mass is 940 g/mol. The zero-order valence-electron chi connectivity index (χ0n) is 41.1. The molecular formula is C52H68N4O12. The molecule has 68 heavy (non-hydrogen) atoms. The summed E-state index contributed by atoms with van der Waals surface area (Å²) in [7, 11) is 1.44. The number of aliphatic hydroxyl groups excluding tert-OH is 2. The van der Waals surface area contributed by atoms with Crippen LogP contribution >= 0.6 is 0 Å². The fourth-order valence-electron chi connectivity index (χ4n) is 9.73. The highest BCUT2D eigenvalue weighted by molar-refractivity contribution is 6.23. The van der Waals surface area contributed by atoms with E-state index in [0.717, 1.165) is 6.54 Å². The Bertz CT molecular complexity index is 2510. The summed E-state index contributed by atoms with van der Waals surface area (Å²) in [6, 6.07) is 8.19. The van der Waals surface area contributed by atoms with E-state index < -0.39 is 88.8 Å². The van der Waals surface area contributed by atoms with Crippen molar-refractivity contribution in [2.75, 3.05) is 25.5 Å². The van der Waals surface area contributed by atoms with Crippen molar-refractivity contribution < 1.29 is 58.9 Å². The fraction of sp³-hybridized carbons (Fsp3) is 0.500. The molecule has 4 aliphatic heterocycles. The third kappa shape index (κ3) is 10.2. The summed E-state index contributed by atoms with van der Waals surface area (Å²) >= 11 is 0. The molecule has 4 heterocycles. The number of benzene rings is 3. The van der Waals surface area contributed by atoms with Gasteiger partial charge in [-0.3, -0.25) is 24.3 Å². The lowest BCUT2D eigenvalue weighted by Crippen LogP contribution is -2.54. The van der Waals surface area contributed by atoms with Crippen LogP contribution in [0, 0.1) is 37.5 Å². The zero-order valence-corrected chi connectivity index (χ0v) is 41.1. The Kier molecular flexibility index (Phi) is 15.7. The van der Waals surface area contributed by atoms with Crippen molar-refractivity contribution in [1.29, 1.82) is 0 Å². The second-order valence-electron chi connectivity index (χ2n) is 19.1. The van der Waals surface area contributed by atoms with Gasteiger partial charge >= 0.3 is 11.8 Å². The van der Waals surface area contributed by atoms with Crippen LogP contribution in [0.1, 0.15) is 94.9 Å². The van der Waals surface area contributed by atoms with E-state index in [1.807, 2.05) is 25.8 Å². The van der Waals surface area contributed by atoms with Gasteiger partial charge in [-0.2, -0.15) is 5.10 Å². The number of allylic oxidation sites excluding steroid dienone is 2. The Morgan fingerprint density at radius 3 is 2.16 bits per heavy atom. The predicted molar refractivity (Wildman–Crippen MR) is 259 cm³/mol. The van der Waals surface area contributed by atoms with Gasteiger partial charge < -0.3 is 49.8 Å². The highest BCUT2D eigenvalue weighted by Crippen LogP contribution is 2.55. The molecule has 4 aliphatic rings. The van der Waals surface area contributed by atoms with Gasteiger partial charge in [0.25, 0.3) is 11.7 Å². The number of nitrogens with one attached hydrogen (secondary N) is 1. The molecule has 1 amide bonds. The number of ether oxygens (including phenoxy) is 4. The van der Waals surface area contributed by atoms with Crippen LogP contribution in [0.5, 0.6) is 23.0 Å². The number of methoxy groups -OCH3 is 1. The number of phenolic OH excluding ortho intramolecular Hbond substituents is 3. The molecule has 1 fully saturated rings. The van der Waals surface area contributed by atoms with E-state index >= 15 is 0 Å². The number of piperazine rings is 1. The minimum Gasteiger partial charge on any atom is -0.507 e. The first-order chi connectivity index (χ1) is 32.0. The largest absolute Gasteiger partial charge is 0.507 e. The van der Waals surface area contributed by atoms with E-state index in [1.54, 1.807) is 39.8 Å². The summed E-state index contributed by atoms with van der Waals surface area (Å²) in [6.07, 6.45) is 4.89. The van der Waals surface area contributed by atoms with Gasteiger partial charge in [0, 0.05) is 80.8 Å². The molecule has 16 nitrogen and oxygen atoms in total. The second kappa shape index (κ2) is 20.7. The highest BCUT2D eigenvalue weighted by Gasteiger charge is 2.50. The summed E-state index contributed by atoms with van der Waals surface area (Å²) < 4.78 is 23.8. The number of aliphatic hydroxyl groups is 2. The molecular weight excluding hydrogens is 873 g/mol. The minimum absolute atomic E-state index is 0.0501. The van der Waals surface area contributed by atoms with Crippen LogP contribution < -0.4 is 10.1 Å². The number of ketones is 1. The van der Waals surface area contributed by atoms with Gasteiger partial charge in [-0.15, -0.1) is 0 Å². The smallest absolute Gasteiger partial charge is 0.312 e. The van der Waals surface area contributed by atoms with Crippen LogP contribution in [0.4, 0.5) is 5.69 Å². The summed E-state index contributed by atoms with van der Waals surface area (Å²) in [5.41, 5.74) is 1.97. The van der Waals surface area contributed by atoms with E-state index in [4.69, 9.17) is 24.0 Å². The number of esters is 1. The SMILES string of the molecule is CO[C@@H]1C=CO[C@@]2(C)Oc3c(C)c(O)c4c(O)c(c(C=NN5[C@H](C)CN(Cc6ccc(C)cc6)C[C@@H]5C)c(O)c4c3C2=O)NC(=O)C(C)=CC=C[C@H](C)[C@H](O)[C@H](C)[C@H](O)[C@H](C)[C@H](OC(C)=O)[C@H]1C. The first-order valence-corrected chi connectivity index (χ1v) is 23.2. The van der Waals surface area contributed by atoms with E-state index in [9.17, 15) is 39.9 Å². The summed E-state index contributed by atoms with van der Waals surface area (Å²) in [5, 5.41) is 68.2. The number of fused-ring (bicyclic) bond motifs is 14. The van der Waals surface area contributed by atoms with Crippen molar-refractivity contribution >= 4 is 40.3 Å². The molecule has 0 radical (unpaired) electrons. The van der Waals surface area contributed by atoms with Gasteiger partial charge in [0.15, 0.2) is 5.75 Å². The number of nitrogens with zero attached hydrogens (tertiary/aromatic N) is 3. The molecule has 0 saturated carbocycles. The maximum absolute atomic E-state index is 14.7. The summed E-state index contributed by atoms with van der Waals surface area (Å²) in [5.74, 6) is -8.46. The summed E-state index contributed by atoms with van der Waals surface area (Å²) in [6.45, 7) is 20.7. The van der Waals surface area contributed by atoms with Crippen molar-refractivity contribution in [3.8, 4) is 23.0 Å². The van der Waals surface area contributed by atoms with Crippen molar-refractivity contribution in [2.45, 2.75) is 125 Å². The van der Waals surface area contributed by atoms with Crippen LogP contribution in [0.15, 0.2) is 65.5 Å². The first kappa shape index (κ1) is 51.5. The predicted octanol–water partition coefficient (Wildman–Crippen LogP) is 6.99. The molecule has 11 atom stereocenters. The molecule has 0 aliphatic carbocycles. The van der Waals surface area contributed by atoms with Crippen LogP contribution in [-0.2, 0) is 30.3 Å². The van der Waals surface area contributed by atoms with Gasteiger partial charge in [-0.05, 0) is 46.3 Å². The van der Waals surface area contributed by atoms with Gasteiger partial charge in [-0.1, -0.05) is 75.8 Å². The van der Waals surface area contributed by atoms with Crippen LogP contribution in [-0.4, -0.2) is 122 Å². The molecule has 6 N–H and O–H groups in total. The molecule has 1 saturated heterocycles. The number of carbonyl (C=O) groups excluding carboxylic acids is 3.